The number of hydrogen-bond donors (Lipinski definition) is 0. The van der Waals surface area contributed by atoms with Crippen LogP contribution in [0.1, 0.15) is 18.1 Å². The van der Waals surface area contributed by atoms with Crippen LogP contribution in [0, 0.1) is 6.92 Å². The molecule has 0 aliphatic carbocycles. The number of benzene rings is 1. The van der Waals surface area contributed by atoms with Crippen molar-refractivity contribution < 1.29 is 4.79 Å². The summed E-state index contributed by atoms with van der Waals surface area (Å²) in [5, 5.41) is 0.732. The number of aryl methyl sites for hydroxylation is 1. The second-order valence-corrected chi connectivity index (χ2v) is 5.89. The molecule has 21 heavy (non-hydrogen) atoms. The summed E-state index contributed by atoms with van der Waals surface area (Å²) in [5.41, 5.74) is 3.08. The van der Waals surface area contributed by atoms with Gasteiger partial charge in [-0.2, -0.15) is 0 Å². The number of carbonyl (C=O) groups is 1. The zero-order chi connectivity index (χ0) is 14.8. The van der Waals surface area contributed by atoms with E-state index in [0.29, 0.717) is 6.54 Å². The first-order valence-electron chi connectivity index (χ1n) is 6.68. The molecule has 0 saturated carbocycles. The highest BCUT2D eigenvalue weighted by molar-refractivity contribution is 7.22. The van der Waals surface area contributed by atoms with Crippen molar-refractivity contribution in [2.24, 2.45) is 0 Å². The van der Waals surface area contributed by atoms with E-state index in [1.54, 1.807) is 35.6 Å². The lowest BCUT2D eigenvalue weighted by atomic mass is 10.2. The fraction of sp³-hybridized carbons (Fsp3) is 0.188. The maximum atomic E-state index is 12.0. The van der Waals surface area contributed by atoms with Gasteiger partial charge in [-0.1, -0.05) is 29.5 Å². The maximum absolute atomic E-state index is 12.0. The molecule has 2 heterocycles. The highest BCUT2D eigenvalue weighted by atomic mass is 32.1. The van der Waals surface area contributed by atoms with Gasteiger partial charge >= 0.3 is 0 Å². The molecule has 3 aromatic rings. The molecule has 0 aliphatic rings. The minimum Gasteiger partial charge on any atom is -0.284 e. The van der Waals surface area contributed by atoms with Gasteiger partial charge in [0.05, 0.1) is 16.8 Å². The van der Waals surface area contributed by atoms with E-state index in [1.165, 1.54) is 0 Å². The second kappa shape index (κ2) is 5.61. The van der Waals surface area contributed by atoms with Crippen molar-refractivity contribution in [3.63, 3.8) is 0 Å². The lowest BCUT2D eigenvalue weighted by molar-refractivity contribution is -0.116. The van der Waals surface area contributed by atoms with Crippen LogP contribution < -0.4 is 4.90 Å². The average Bonchev–Trinajstić information content (AvgIpc) is 2.91. The molecule has 0 fully saturated rings. The Morgan fingerprint density at radius 1 is 1.29 bits per heavy atom. The Morgan fingerprint density at radius 3 is 2.81 bits per heavy atom. The smallest absolute Gasteiger partial charge is 0.225 e. The summed E-state index contributed by atoms with van der Waals surface area (Å²) in [5.74, 6) is -0.0180. The van der Waals surface area contributed by atoms with Crippen LogP contribution in [0.15, 0.2) is 42.7 Å². The van der Waals surface area contributed by atoms with Crippen LogP contribution in [-0.2, 0) is 11.3 Å². The van der Waals surface area contributed by atoms with Crippen molar-refractivity contribution in [3.05, 3.63) is 53.9 Å². The Morgan fingerprint density at radius 2 is 2.14 bits per heavy atom. The van der Waals surface area contributed by atoms with Crippen molar-refractivity contribution in [3.8, 4) is 0 Å². The van der Waals surface area contributed by atoms with Gasteiger partial charge in [-0.3, -0.25) is 14.7 Å². The minimum atomic E-state index is -0.0180. The van der Waals surface area contributed by atoms with Gasteiger partial charge in [0.25, 0.3) is 0 Å². The lowest BCUT2D eigenvalue weighted by Crippen LogP contribution is -2.27. The number of nitrogens with zero attached hydrogens (tertiary/aromatic N) is 3. The summed E-state index contributed by atoms with van der Waals surface area (Å²) < 4.78 is 1.10. The molecule has 0 saturated heterocycles. The fourth-order valence-electron chi connectivity index (χ4n) is 2.18. The fourth-order valence-corrected chi connectivity index (χ4v) is 3.26. The number of anilines is 1. The van der Waals surface area contributed by atoms with Crippen LogP contribution in [0.3, 0.4) is 0 Å². The Hall–Kier alpha value is -2.27. The van der Waals surface area contributed by atoms with E-state index in [1.807, 2.05) is 37.3 Å². The van der Waals surface area contributed by atoms with Gasteiger partial charge in [0.2, 0.25) is 5.91 Å². The van der Waals surface area contributed by atoms with Crippen molar-refractivity contribution in [1.29, 1.82) is 0 Å². The predicted octanol–water partition coefficient (Wildman–Crippen LogP) is 3.55. The average molecular weight is 297 g/mol. The zero-order valence-electron chi connectivity index (χ0n) is 11.9. The van der Waals surface area contributed by atoms with Crippen LogP contribution in [0.5, 0.6) is 0 Å². The number of para-hydroxylation sites is 1. The molecule has 0 radical (unpaired) electrons. The number of aromatic nitrogens is 2. The molecule has 0 bridgehead atoms. The Bertz CT molecular complexity index is 783. The SMILES string of the molecule is CC(=O)N(Cc1cccnc1)c1nc2c(C)cccc2s1. The van der Waals surface area contributed by atoms with Gasteiger partial charge < -0.3 is 0 Å². The first-order chi connectivity index (χ1) is 10.1. The van der Waals surface area contributed by atoms with Gasteiger partial charge in [0.1, 0.15) is 0 Å². The van der Waals surface area contributed by atoms with E-state index in [9.17, 15) is 4.79 Å². The largest absolute Gasteiger partial charge is 0.284 e. The molecule has 0 unspecified atom stereocenters. The van der Waals surface area contributed by atoms with E-state index < -0.39 is 0 Å². The Labute approximate surface area is 127 Å². The minimum absolute atomic E-state index is 0.0180. The van der Waals surface area contributed by atoms with E-state index >= 15 is 0 Å². The number of carbonyl (C=O) groups excluding carboxylic acids is 1. The standard InChI is InChI=1S/C16H15N3OS/c1-11-5-3-7-14-15(11)18-16(21-14)19(12(2)20)10-13-6-4-8-17-9-13/h3-9H,10H2,1-2H3. The molecule has 0 spiro atoms. The predicted molar refractivity (Wildman–Crippen MR) is 85.5 cm³/mol. The molecule has 2 aromatic heterocycles. The van der Waals surface area contributed by atoms with E-state index in [2.05, 4.69) is 9.97 Å². The van der Waals surface area contributed by atoms with Crippen LogP contribution in [-0.4, -0.2) is 15.9 Å². The number of fused-ring (bicyclic) bond motifs is 1. The summed E-state index contributed by atoms with van der Waals surface area (Å²) in [6.45, 7) is 4.09. The number of pyridine rings is 1. The van der Waals surface area contributed by atoms with Gasteiger partial charge in [0.15, 0.2) is 5.13 Å². The first-order valence-corrected chi connectivity index (χ1v) is 7.50. The molecule has 3 rings (SSSR count). The molecule has 106 valence electrons. The van der Waals surface area contributed by atoms with Crippen LogP contribution in [0.25, 0.3) is 10.2 Å². The van der Waals surface area contributed by atoms with Crippen LogP contribution >= 0.6 is 11.3 Å². The summed E-state index contributed by atoms with van der Waals surface area (Å²) in [6, 6.07) is 9.91. The van der Waals surface area contributed by atoms with Crippen molar-refractivity contribution in [2.75, 3.05) is 4.90 Å². The molecule has 0 atom stereocenters. The Balaban J connectivity index is 1.99. The molecular formula is C16H15N3OS. The summed E-state index contributed by atoms with van der Waals surface area (Å²) >= 11 is 1.54. The quantitative estimate of drug-likeness (QED) is 0.742. The van der Waals surface area contributed by atoms with Gasteiger partial charge in [-0.15, -0.1) is 0 Å². The molecule has 0 aliphatic heterocycles. The third-order valence-corrected chi connectivity index (χ3v) is 4.33. The van der Waals surface area contributed by atoms with E-state index in [0.717, 1.165) is 26.5 Å². The van der Waals surface area contributed by atoms with Crippen LogP contribution in [0.2, 0.25) is 0 Å². The van der Waals surface area contributed by atoms with E-state index in [-0.39, 0.29) is 5.91 Å². The van der Waals surface area contributed by atoms with Gasteiger partial charge in [-0.25, -0.2) is 4.98 Å². The van der Waals surface area contributed by atoms with Gasteiger partial charge in [0, 0.05) is 19.3 Å². The van der Waals surface area contributed by atoms with Gasteiger partial charge in [-0.05, 0) is 30.2 Å². The van der Waals surface area contributed by atoms with Crippen molar-refractivity contribution >= 4 is 32.6 Å². The van der Waals surface area contributed by atoms with Crippen molar-refractivity contribution in [1.82, 2.24) is 9.97 Å². The van der Waals surface area contributed by atoms with E-state index in [4.69, 9.17) is 0 Å². The highest BCUT2D eigenvalue weighted by Crippen LogP contribution is 2.31. The molecule has 5 heteroatoms. The van der Waals surface area contributed by atoms with Crippen LogP contribution in [0.4, 0.5) is 5.13 Å². The number of thiazole rings is 1. The Kier molecular flexibility index (Phi) is 3.66. The molecule has 4 nitrogen and oxygen atoms in total. The third kappa shape index (κ3) is 2.78. The number of hydrogen-bond acceptors (Lipinski definition) is 4. The summed E-state index contributed by atoms with van der Waals surface area (Å²) in [4.78, 5) is 22.4. The monoisotopic (exact) mass is 297 g/mol. The second-order valence-electron chi connectivity index (χ2n) is 4.88. The molecule has 0 N–H and O–H groups in total. The molecule has 1 aromatic carbocycles. The summed E-state index contributed by atoms with van der Waals surface area (Å²) in [6.07, 6.45) is 3.50. The number of rotatable bonds is 3. The number of amides is 1. The summed E-state index contributed by atoms with van der Waals surface area (Å²) in [7, 11) is 0. The molecule has 1 amide bonds. The molecular weight excluding hydrogens is 282 g/mol. The lowest BCUT2D eigenvalue weighted by Gasteiger charge is -2.17. The third-order valence-electron chi connectivity index (χ3n) is 3.28. The topological polar surface area (TPSA) is 46.1 Å². The zero-order valence-corrected chi connectivity index (χ0v) is 12.7. The van der Waals surface area contributed by atoms with Crippen molar-refractivity contribution in [2.45, 2.75) is 20.4 Å². The first kappa shape index (κ1) is 13.7. The highest BCUT2D eigenvalue weighted by Gasteiger charge is 2.17. The normalized spacial score (nSPS) is 10.8. The maximum Gasteiger partial charge on any atom is 0.225 e.